The zero-order valence-corrected chi connectivity index (χ0v) is 14.1. The van der Waals surface area contributed by atoms with Crippen LogP contribution in [0.3, 0.4) is 0 Å². The smallest absolute Gasteiger partial charge is 0.191 e. The predicted octanol–water partition coefficient (Wildman–Crippen LogP) is 1.93. The van der Waals surface area contributed by atoms with Crippen molar-refractivity contribution in [3.8, 4) is 0 Å². The molecule has 0 aromatic heterocycles. The van der Waals surface area contributed by atoms with Crippen LogP contribution in [-0.2, 0) is 9.47 Å². The number of guanidine groups is 1. The van der Waals surface area contributed by atoms with Crippen molar-refractivity contribution in [2.45, 2.75) is 57.6 Å². The highest BCUT2D eigenvalue weighted by Gasteiger charge is 2.56. The Morgan fingerprint density at radius 1 is 1.36 bits per heavy atom. The van der Waals surface area contributed by atoms with Gasteiger partial charge in [-0.3, -0.25) is 4.99 Å². The van der Waals surface area contributed by atoms with Crippen LogP contribution >= 0.6 is 0 Å². The molecule has 3 aliphatic rings. The molecule has 5 heteroatoms. The molecule has 1 saturated heterocycles. The van der Waals surface area contributed by atoms with Crippen molar-refractivity contribution >= 4 is 5.96 Å². The van der Waals surface area contributed by atoms with Gasteiger partial charge in [0.05, 0.1) is 12.7 Å². The Hall–Kier alpha value is -0.810. The van der Waals surface area contributed by atoms with E-state index in [-0.39, 0.29) is 0 Å². The van der Waals surface area contributed by atoms with E-state index in [0.717, 1.165) is 45.2 Å². The lowest BCUT2D eigenvalue weighted by Crippen LogP contribution is -2.65. The Kier molecular flexibility index (Phi) is 5.24. The Labute approximate surface area is 134 Å². The third-order valence-electron chi connectivity index (χ3n) is 5.80. The Bertz CT molecular complexity index is 387. The van der Waals surface area contributed by atoms with Crippen molar-refractivity contribution in [3.05, 3.63) is 0 Å². The van der Waals surface area contributed by atoms with Crippen LogP contribution in [0.1, 0.15) is 45.4 Å². The number of hydrogen-bond donors (Lipinski definition) is 2. The van der Waals surface area contributed by atoms with Gasteiger partial charge >= 0.3 is 0 Å². The van der Waals surface area contributed by atoms with Gasteiger partial charge in [0.1, 0.15) is 0 Å². The second-order valence-corrected chi connectivity index (χ2v) is 7.00. The lowest BCUT2D eigenvalue weighted by molar-refractivity contribution is -0.125. The molecule has 22 heavy (non-hydrogen) atoms. The first-order valence-electron chi connectivity index (χ1n) is 8.95. The number of nitrogens with zero attached hydrogens (tertiary/aromatic N) is 1. The van der Waals surface area contributed by atoms with E-state index in [9.17, 15) is 0 Å². The molecule has 3 unspecified atom stereocenters. The molecular formula is C17H31N3O2. The van der Waals surface area contributed by atoms with Crippen LogP contribution in [0.4, 0.5) is 0 Å². The third-order valence-corrected chi connectivity index (χ3v) is 5.80. The van der Waals surface area contributed by atoms with Gasteiger partial charge in [-0.1, -0.05) is 12.8 Å². The average molecular weight is 309 g/mol. The summed E-state index contributed by atoms with van der Waals surface area (Å²) in [5.74, 6) is 1.56. The quantitative estimate of drug-likeness (QED) is 0.602. The molecule has 3 fully saturated rings. The van der Waals surface area contributed by atoms with Gasteiger partial charge in [0, 0.05) is 44.2 Å². The molecule has 2 N–H and O–H groups in total. The van der Waals surface area contributed by atoms with E-state index in [1.807, 2.05) is 7.05 Å². The van der Waals surface area contributed by atoms with Crippen LogP contribution in [0.15, 0.2) is 4.99 Å². The number of nitrogens with one attached hydrogen (secondary N) is 2. The molecule has 1 spiro atoms. The predicted molar refractivity (Wildman–Crippen MR) is 88.1 cm³/mol. The molecular weight excluding hydrogens is 278 g/mol. The van der Waals surface area contributed by atoms with E-state index >= 15 is 0 Å². The summed E-state index contributed by atoms with van der Waals surface area (Å²) in [7, 11) is 1.86. The first-order valence-corrected chi connectivity index (χ1v) is 8.95. The minimum Gasteiger partial charge on any atom is -0.381 e. The first kappa shape index (κ1) is 16.1. The second-order valence-electron chi connectivity index (χ2n) is 7.00. The summed E-state index contributed by atoms with van der Waals surface area (Å²) < 4.78 is 11.4. The highest BCUT2D eigenvalue weighted by Crippen LogP contribution is 2.54. The highest BCUT2D eigenvalue weighted by atomic mass is 16.5. The molecule has 1 aliphatic heterocycles. The standard InChI is InChI=1S/C17H31N3O2/c1-3-22-15-10-14(17(15)7-4-5-8-17)20-16(18-2)19-11-13-6-9-21-12-13/h13-15H,3-12H2,1-2H3,(H2,18,19,20). The van der Waals surface area contributed by atoms with Crippen LogP contribution in [-0.4, -0.2) is 51.5 Å². The van der Waals surface area contributed by atoms with Crippen LogP contribution in [0, 0.1) is 11.3 Å². The number of hydrogen-bond acceptors (Lipinski definition) is 3. The fourth-order valence-electron chi connectivity index (χ4n) is 4.43. The Morgan fingerprint density at radius 3 is 2.82 bits per heavy atom. The van der Waals surface area contributed by atoms with Crippen molar-refractivity contribution in [1.29, 1.82) is 0 Å². The maximum atomic E-state index is 5.99. The number of ether oxygens (including phenoxy) is 2. The fourth-order valence-corrected chi connectivity index (χ4v) is 4.43. The van der Waals surface area contributed by atoms with E-state index in [2.05, 4.69) is 22.5 Å². The summed E-state index contributed by atoms with van der Waals surface area (Å²) >= 11 is 0. The monoisotopic (exact) mass is 309 g/mol. The maximum absolute atomic E-state index is 5.99. The van der Waals surface area contributed by atoms with Crippen LogP contribution in [0.25, 0.3) is 0 Å². The van der Waals surface area contributed by atoms with Crippen molar-refractivity contribution in [3.63, 3.8) is 0 Å². The second kappa shape index (κ2) is 7.18. The summed E-state index contributed by atoms with van der Waals surface area (Å²) in [6.45, 7) is 5.67. The van der Waals surface area contributed by atoms with E-state index < -0.39 is 0 Å². The number of aliphatic imine (C=N–C) groups is 1. The highest BCUT2D eigenvalue weighted by molar-refractivity contribution is 5.80. The van der Waals surface area contributed by atoms with Crippen molar-refractivity contribution in [2.75, 3.05) is 33.4 Å². The average Bonchev–Trinajstić information content (AvgIpc) is 3.21. The van der Waals surface area contributed by atoms with E-state index in [4.69, 9.17) is 9.47 Å². The molecule has 3 rings (SSSR count). The zero-order chi connectivity index (χ0) is 15.4. The molecule has 0 aromatic rings. The first-order chi connectivity index (χ1) is 10.8. The molecule has 0 aromatic carbocycles. The summed E-state index contributed by atoms with van der Waals surface area (Å²) in [4.78, 5) is 4.41. The van der Waals surface area contributed by atoms with Crippen LogP contribution in [0.5, 0.6) is 0 Å². The minimum atomic E-state index is 0.351. The molecule has 5 nitrogen and oxygen atoms in total. The lowest BCUT2D eigenvalue weighted by Gasteiger charge is -2.54. The third kappa shape index (κ3) is 3.11. The van der Waals surface area contributed by atoms with E-state index in [1.165, 1.54) is 25.7 Å². The molecule has 2 aliphatic carbocycles. The molecule has 3 atom stereocenters. The SMILES string of the molecule is CCOC1CC(NC(=NC)NCC2CCOC2)C12CCCC2. The normalized spacial score (nSPS) is 33.9. The molecule has 0 radical (unpaired) electrons. The molecule has 1 heterocycles. The molecule has 2 saturated carbocycles. The molecule has 0 bridgehead atoms. The van der Waals surface area contributed by atoms with Gasteiger partial charge < -0.3 is 20.1 Å². The Balaban J connectivity index is 1.52. The lowest BCUT2D eigenvalue weighted by atomic mass is 9.60. The van der Waals surface area contributed by atoms with Crippen LogP contribution in [0.2, 0.25) is 0 Å². The van der Waals surface area contributed by atoms with Gasteiger partial charge in [0.25, 0.3) is 0 Å². The molecule has 126 valence electrons. The van der Waals surface area contributed by atoms with Crippen molar-refractivity contribution in [2.24, 2.45) is 16.3 Å². The maximum Gasteiger partial charge on any atom is 0.191 e. The Morgan fingerprint density at radius 2 is 2.18 bits per heavy atom. The fraction of sp³-hybridized carbons (Fsp3) is 0.941. The summed E-state index contributed by atoms with van der Waals surface area (Å²) in [5.41, 5.74) is 0.351. The van der Waals surface area contributed by atoms with Gasteiger partial charge in [-0.2, -0.15) is 0 Å². The molecule has 0 amide bonds. The zero-order valence-electron chi connectivity index (χ0n) is 14.1. The number of rotatable bonds is 5. The van der Waals surface area contributed by atoms with Gasteiger partial charge in [0.15, 0.2) is 5.96 Å². The van der Waals surface area contributed by atoms with Gasteiger partial charge in [-0.05, 0) is 32.6 Å². The van der Waals surface area contributed by atoms with Gasteiger partial charge in [-0.25, -0.2) is 0 Å². The van der Waals surface area contributed by atoms with E-state index in [1.54, 1.807) is 0 Å². The van der Waals surface area contributed by atoms with E-state index in [0.29, 0.717) is 23.5 Å². The summed E-state index contributed by atoms with van der Waals surface area (Å²) in [6.07, 6.45) is 7.98. The van der Waals surface area contributed by atoms with Crippen molar-refractivity contribution in [1.82, 2.24) is 10.6 Å². The topological polar surface area (TPSA) is 54.9 Å². The largest absolute Gasteiger partial charge is 0.381 e. The summed E-state index contributed by atoms with van der Waals surface area (Å²) in [6, 6.07) is 0.512. The van der Waals surface area contributed by atoms with Gasteiger partial charge in [-0.15, -0.1) is 0 Å². The summed E-state index contributed by atoms with van der Waals surface area (Å²) in [5, 5.41) is 7.15. The minimum absolute atomic E-state index is 0.351. The van der Waals surface area contributed by atoms with Gasteiger partial charge in [0.2, 0.25) is 0 Å². The van der Waals surface area contributed by atoms with Crippen LogP contribution < -0.4 is 10.6 Å². The van der Waals surface area contributed by atoms with Crippen molar-refractivity contribution < 1.29 is 9.47 Å².